The SMILES string of the molecule is COC(=O)C(O)C(O)c1ccc(CO)c(C)c1. The van der Waals surface area contributed by atoms with Crippen molar-refractivity contribution in [2.24, 2.45) is 0 Å². The summed E-state index contributed by atoms with van der Waals surface area (Å²) in [7, 11) is 1.14. The Morgan fingerprint density at radius 1 is 1.41 bits per heavy atom. The van der Waals surface area contributed by atoms with E-state index in [4.69, 9.17) is 5.11 Å². The van der Waals surface area contributed by atoms with Crippen LogP contribution in [0.25, 0.3) is 0 Å². The molecule has 5 nitrogen and oxygen atoms in total. The molecule has 0 spiro atoms. The monoisotopic (exact) mass is 240 g/mol. The van der Waals surface area contributed by atoms with Crippen molar-refractivity contribution >= 4 is 5.97 Å². The Labute approximate surface area is 99.3 Å². The number of esters is 1. The second-order valence-electron chi connectivity index (χ2n) is 3.76. The zero-order valence-electron chi connectivity index (χ0n) is 9.75. The summed E-state index contributed by atoms with van der Waals surface area (Å²) in [6.07, 6.45) is -2.95. The number of hydrogen-bond donors (Lipinski definition) is 3. The largest absolute Gasteiger partial charge is 0.467 e. The molecule has 0 aliphatic carbocycles. The van der Waals surface area contributed by atoms with Crippen LogP contribution >= 0.6 is 0 Å². The minimum Gasteiger partial charge on any atom is -0.467 e. The third-order valence-electron chi connectivity index (χ3n) is 2.62. The average molecular weight is 240 g/mol. The quantitative estimate of drug-likeness (QED) is 0.647. The van der Waals surface area contributed by atoms with E-state index in [9.17, 15) is 15.0 Å². The number of ether oxygens (including phenoxy) is 1. The van der Waals surface area contributed by atoms with Crippen LogP contribution in [0.1, 0.15) is 22.8 Å². The summed E-state index contributed by atoms with van der Waals surface area (Å²) in [6.45, 7) is 1.67. The highest BCUT2D eigenvalue weighted by molar-refractivity contribution is 5.75. The van der Waals surface area contributed by atoms with Crippen molar-refractivity contribution in [1.29, 1.82) is 0 Å². The molecule has 0 saturated heterocycles. The summed E-state index contributed by atoms with van der Waals surface area (Å²) >= 11 is 0. The van der Waals surface area contributed by atoms with Crippen LogP contribution in [0, 0.1) is 6.92 Å². The molecule has 1 rings (SSSR count). The van der Waals surface area contributed by atoms with Gasteiger partial charge in [-0.3, -0.25) is 0 Å². The fraction of sp³-hybridized carbons (Fsp3) is 0.417. The number of aliphatic hydroxyl groups is 3. The minimum absolute atomic E-state index is 0.0955. The fourth-order valence-electron chi connectivity index (χ4n) is 1.51. The molecule has 0 fully saturated rings. The van der Waals surface area contributed by atoms with E-state index in [-0.39, 0.29) is 6.61 Å². The van der Waals surface area contributed by atoms with Crippen molar-refractivity contribution in [3.05, 3.63) is 34.9 Å². The second-order valence-corrected chi connectivity index (χ2v) is 3.76. The van der Waals surface area contributed by atoms with Crippen LogP contribution in [0.5, 0.6) is 0 Å². The first-order valence-electron chi connectivity index (χ1n) is 5.15. The summed E-state index contributed by atoms with van der Waals surface area (Å²) in [5.41, 5.74) is 1.91. The number of methoxy groups -OCH3 is 1. The van der Waals surface area contributed by atoms with Gasteiger partial charge in [-0.25, -0.2) is 4.79 Å². The normalized spacial score (nSPS) is 14.2. The summed E-state index contributed by atoms with van der Waals surface area (Å²) in [5.74, 6) is -0.888. The minimum atomic E-state index is -1.61. The molecule has 0 heterocycles. The van der Waals surface area contributed by atoms with Crippen molar-refractivity contribution in [3.8, 4) is 0 Å². The van der Waals surface area contributed by atoms with E-state index in [2.05, 4.69) is 4.74 Å². The Morgan fingerprint density at radius 3 is 2.53 bits per heavy atom. The van der Waals surface area contributed by atoms with E-state index in [1.165, 1.54) is 0 Å². The van der Waals surface area contributed by atoms with Gasteiger partial charge in [0.2, 0.25) is 0 Å². The van der Waals surface area contributed by atoms with Crippen molar-refractivity contribution in [2.75, 3.05) is 7.11 Å². The lowest BCUT2D eigenvalue weighted by molar-refractivity contribution is -0.156. The van der Waals surface area contributed by atoms with Gasteiger partial charge in [-0.15, -0.1) is 0 Å². The molecule has 5 heteroatoms. The van der Waals surface area contributed by atoms with Gasteiger partial charge >= 0.3 is 5.97 Å². The predicted octanol–water partition coefficient (Wildman–Crippen LogP) is 0.0546. The van der Waals surface area contributed by atoms with Gasteiger partial charge in [0.25, 0.3) is 0 Å². The van der Waals surface area contributed by atoms with Gasteiger partial charge in [0.05, 0.1) is 13.7 Å². The molecule has 0 aliphatic heterocycles. The van der Waals surface area contributed by atoms with Gasteiger partial charge in [0, 0.05) is 0 Å². The third-order valence-corrected chi connectivity index (χ3v) is 2.62. The van der Waals surface area contributed by atoms with Crippen molar-refractivity contribution in [3.63, 3.8) is 0 Å². The predicted molar refractivity (Wildman–Crippen MR) is 60.1 cm³/mol. The molecular weight excluding hydrogens is 224 g/mol. The highest BCUT2D eigenvalue weighted by Crippen LogP contribution is 2.21. The lowest BCUT2D eigenvalue weighted by atomic mass is 9.99. The van der Waals surface area contributed by atoms with Crippen molar-refractivity contribution in [1.82, 2.24) is 0 Å². The summed E-state index contributed by atoms with van der Waals surface area (Å²) < 4.78 is 4.34. The van der Waals surface area contributed by atoms with E-state index in [0.29, 0.717) is 5.56 Å². The smallest absolute Gasteiger partial charge is 0.337 e. The molecule has 0 radical (unpaired) electrons. The first kappa shape index (κ1) is 13.6. The summed E-state index contributed by atoms with van der Waals surface area (Å²) in [6, 6.07) is 4.80. The topological polar surface area (TPSA) is 87.0 Å². The van der Waals surface area contributed by atoms with Crippen LogP contribution in [-0.2, 0) is 16.1 Å². The van der Waals surface area contributed by atoms with Crippen LogP contribution < -0.4 is 0 Å². The molecule has 1 aromatic rings. The van der Waals surface area contributed by atoms with Crippen LogP contribution in [-0.4, -0.2) is 34.5 Å². The first-order chi connectivity index (χ1) is 8.01. The summed E-state index contributed by atoms with van der Waals surface area (Å²) in [4.78, 5) is 11.1. The number of carbonyl (C=O) groups is 1. The van der Waals surface area contributed by atoms with E-state index in [1.807, 2.05) is 0 Å². The van der Waals surface area contributed by atoms with Gasteiger partial charge in [-0.05, 0) is 23.6 Å². The van der Waals surface area contributed by atoms with Crippen molar-refractivity contribution < 1.29 is 24.9 Å². The van der Waals surface area contributed by atoms with Gasteiger partial charge in [0.1, 0.15) is 6.10 Å². The van der Waals surface area contributed by atoms with Crippen molar-refractivity contribution in [2.45, 2.75) is 25.7 Å². The molecule has 0 saturated carbocycles. The van der Waals surface area contributed by atoms with Gasteiger partial charge < -0.3 is 20.1 Å². The Hall–Kier alpha value is -1.43. The maximum Gasteiger partial charge on any atom is 0.337 e. The first-order valence-corrected chi connectivity index (χ1v) is 5.15. The molecule has 2 unspecified atom stereocenters. The number of benzene rings is 1. The number of aryl methyl sites for hydroxylation is 1. The lowest BCUT2D eigenvalue weighted by Crippen LogP contribution is -2.29. The molecule has 0 aromatic heterocycles. The Balaban J connectivity index is 2.93. The molecular formula is C12H16O5. The van der Waals surface area contributed by atoms with Crippen LogP contribution in [0.4, 0.5) is 0 Å². The van der Waals surface area contributed by atoms with E-state index >= 15 is 0 Å². The standard InChI is InChI=1S/C12H16O5/c1-7-5-8(3-4-9(7)6-13)10(14)11(15)12(16)17-2/h3-5,10-11,13-15H,6H2,1-2H3. The highest BCUT2D eigenvalue weighted by atomic mass is 16.5. The second kappa shape index (κ2) is 5.77. The Kier molecular flexibility index (Phi) is 4.62. The molecule has 0 aliphatic rings. The lowest BCUT2D eigenvalue weighted by Gasteiger charge is -2.17. The number of hydrogen-bond acceptors (Lipinski definition) is 5. The van der Waals surface area contributed by atoms with E-state index in [1.54, 1.807) is 25.1 Å². The number of rotatable bonds is 4. The molecule has 94 valence electrons. The average Bonchev–Trinajstić information content (AvgIpc) is 2.35. The zero-order valence-corrected chi connectivity index (χ0v) is 9.75. The molecule has 0 amide bonds. The maximum atomic E-state index is 11.1. The zero-order chi connectivity index (χ0) is 13.0. The van der Waals surface area contributed by atoms with E-state index in [0.717, 1.165) is 18.2 Å². The Bertz CT molecular complexity index is 402. The molecule has 0 bridgehead atoms. The van der Waals surface area contributed by atoms with Gasteiger partial charge in [-0.1, -0.05) is 18.2 Å². The number of aliphatic hydroxyl groups excluding tert-OH is 3. The Morgan fingerprint density at radius 2 is 2.06 bits per heavy atom. The molecule has 2 atom stereocenters. The third kappa shape index (κ3) is 3.03. The van der Waals surface area contributed by atoms with E-state index < -0.39 is 18.2 Å². The fourth-order valence-corrected chi connectivity index (χ4v) is 1.51. The number of carbonyl (C=O) groups excluding carboxylic acids is 1. The van der Waals surface area contributed by atoms with Crippen LogP contribution in [0.3, 0.4) is 0 Å². The van der Waals surface area contributed by atoms with Gasteiger partial charge in [-0.2, -0.15) is 0 Å². The highest BCUT2D eigenvalue weighted by Gasteiger charge is 2.26. The van der Waals surface area contributed by atoms with Gasteiger partial charge in [0.15, 0.2) is 6.10 Å². The maximum absolute atomic E-state index is 11.1. The molecule has 1 aromatic carbocycles. The molecule has 3 N–H and O–H groups in total. The summed E-state index contributed by atoms with van der Waals surface area (Å²) in [5, 5.41) is 28.2. The molecule has 17 heavy (non-hydrogen) atoms. The van der Waals surface area contributed by atoms with Crippen LogP contribution in [0.2, 0.25) is 0 Å². The van der Waals surface area contributed by atoms with Crippen LogP contribution in [0.15, 0.2) is 18.2 Å².